The molecule has 6 unspecified atom stereocenters. The van der Waals surface area contributed by atoms with Gasteiger partial charge in [-0.1, -0.05) is 45.4 Å². The number of carbonyl (C=O) groups excluding carboxylic acids is 12. The van der Waals surface area contributed by atoms with E-state index >= 15 is 0 Å². The fraction of sp³-hybridized carbons (Fsp3) is 0.814. The minimum Gasteiger partial charge on any atom is -0.459 e. The summed E-state index contributed by atoms with van der Waals surface area (Å²) in [5, 5.41) is 51.6. The van der Waals surface area contributed by atoms with Crippen LogP contribution in [-0.4, -0.2) is 444 Å². The molecule has 0 bridgehead atoms. The van der Waals surface area contributed by atoms with Gasteiger partial charge < -0.3 is 103 Å². The molecule has 5 aliphatic heterocycles. The fourth-order valence-electron chi connectivity index (χ4n) is 15.5. The molecule has 0 radical (unpaired) electrons. The van der Waals surface area contributed by atoms with E-state index in [1.807, 2.05) is 157 Å². The molecule has 5 heterocycles. The summed E-state index contributed by atoms with van der Waals surface area (Å²) in [7, 11) is -3.96. The van der Waals surface area contributed by atoms with E-state index < -0.39 is 129 Å². The number of carbonyl (C=O) groups is 12. The number of nitrogens with zero attached hydrogens (tertiary/aromatic N) is 8. The highest BCUT2D eigenvalue weighted by atomic mass is 32.2. The quantitative estimate of drug-likeness (QED) is 0.0209. The van der Waals surface area contributed by atoms with Crippen LogP contribution < -0.4 is 21.3 Å². The maximum absolute atomic E-state index is 13.4. The molecule has 1 aromatic rings. The second-order valence-corrected chi connectivity index (χ2v) is 44.4. The molecule has 2 amide bonds. The summed E-state index contributed by atoms with van der Waals surface area (Å²) in [6.07, 6.45) is -11.9. The Morgan fingerprint density at radius 2 is 0.592 bits per heavy atom. The molecule has 0 aromatic heterocycles. The van der Waals surface area contributed by atoms with Gasteiger partial charge in [-0.2, -0.15) is 8.42 Å². The van der Waals surface area contributed by atoms with Gasteiger partial charge in [0.05, 0.1) is 76.1 Å². The molecule has 6 rings (SSSR count). The molecule has 5 aliphatic rings. The van der Waals surface area contributed by atoms with Gasteiger partial charge >= 0.3 is 59.7 Å². The summed E-state index contributed by atoms with van der Waals surface area (Å²) in [5.41, 5.74) is -3.05. The molecule has 142 heavy (non-hydrogen) atoms. The lowest BCUT2D eigenvalue weighted by Gasteiger charge is -2.43. The Hall–Kier alpha value is -7.91. The third-order valence-corrected chi connectivity index (χ3v) is 24.0. The van der Waals surface area contributed by atoms with E-state index in [-0.39, 0.29) is 154 Å². The van der Waals surface area contributed by atoms with E-state index in [9.17, 15) is 86.4 Å². The molecule has 5 fully saturated rings. The average molecular weight is 2050 g/mol. The number of hydrogen-bond donors (Lipinski definition) is 8. The van der Waals surface area contributed by atoms with Gasteiger partial charge in [-0.15, -0.1) is 0 Å². The van der Waals surface area contributed by atoms with Gasteiger partial charge in [-0.25, -0.2) is 0 Å². The number of nitrogens with one attached hydrogen (secondary N) is 4. The Morgan fingerprint density at radius 3 is 0.859 bits per heavy atom. The zero-order valence-corrected chi connectivity index (χ0v) is 89.9. The molecule has 5 saturated heterocycles. The van der Waals surface area contributed by atoms with Crippen molar-refractivity contribution < 1.29 is 152 Å². The predicted octanol–water partition coefficient (Wildman–Crippen LogP) is 1.36. The number of esters is 10. The van der Waals surface area contributed by atoms with Gasteiger partial charge in [0.1, 0.15) is 58.0 Å². The molecule has 8 N–H and O–H groups in total. The molecule has 45 heteroatoms. The minimum absolute atomic E-state index is 0.0143. The van der Waals surface area contributed by atoms with E-state index in [0.29, 0.717) is 131 Å². The van der Waals surface area contributed by atoms with Gasteiger partial charge in [0.2, 0.25) is 24.4 Å². The summed E-state index contributed by atoms with van der Waals surface area (Å²) in [6.45, 7) is 55.7. The van der Waals surface area contributed by atoms with E-state index in [0.717, 1.165) is 5.56 Å². The molecule has 816 valence electrons. The second kappa shape index (κ2) is 59.2. The third kappa shape index (κ3) is 52.4. The SMILES string of the molecule is CC(=O)OC1[C@H](OC(C)=O)OC(CNCCNC(=O)CN2CCN(CC(=O)OC(C)(C)C)CCN(CC(=O)OC(C)(C)C)CCN(CC(=O)OC(C)(C)C)CC2)[C@@H](C)[C@@H]1C.CC(=O)OC1[C@H](OC(C)=O)OC(COS(=O)(=O)c2ccc(C)cc2)[C@@H](C)[C@@H]1C.CC(C)(C)OC(=O)CN1CCN(CC(=O)NCCNCC2O[C@@H](O)C(O)[C@@H](O)[C@@H]2O)CCN(CC(=O)OC(C)(C)C)CCN(CC(=O)OC(C)(C)C)CC1. The Kier molecular flexibility index (Phi) is 52.7. The van der Waals surface area contributed by atoms with Crippen LogP contribution in [0.5, 0.6) is 0 Å². The van der Waals surface area contributed by atoms with Crippen molar-refractivity contribution >= 4 is 81.6 Å². The number of hydrogen-bond acceptors (Lipinski definition) is 42. The number of rotatable bonds is 34. The number of aryl methyl sites for hydroxylation is 1. The van der Waals surface area contributed by atoms with E-state index in [2.05, 4.69) is 21.3 Å². The number of aliphatic hydroxyl groups excluding tert-OH is 4. The lowest BCUT2D eigenvalue weighted by molar-refractivity contribution is -0.280. The Morgan fingerprint density at radius 1 is 0.338 bits per heavy atom. The van der Waals surface area contributed by atoms with Gasteiger partial charge in [0.15, 0.2) is 18.5 Å². The third-order valence-electron chi connectivity index (χ3n) is 22.7. The summed E-state index contributed by atoms with van der Waals surface area (Å²) in [6, 6.07) is 6.30. The molecule has 0 aliphatic carbocycles. The van der Waals surface area contributed by atoms with E-state index in [1.54, 1.807) is 53.7 Å². The lowest BCUT2D eigenvalue weighted by Crippen LogP contribution is -2.59. The van der Waals surface area contributed by atoms with E-state index in [1.165, 1.54) is 39.8 Å². The molecule has 0 saturated carbocycles. The van der Waals surface area contributed by atoms with Crippen molar-refractivity contribution in [3.8, 4) is 0 Å². The number of amides is 2. The topological polar surface area (TPSA) is 523 Å². The Bertz CT molecular complexity index is 4140. The summed E-state index contributed by atoms with van der Waals surface area (Å²) < 4.78 is 102. The van der Waals surface area contributed by atoms with Crippen molar-refractivity contribution in [2.24, 2.45) is 23.7 Å². The highest BCUT2D eigenvalue weighted by molar-refractivity contribution is 7.86. The monoisotopic (exact) mass is 2050 g/mol. The van der Waals surface area contributed by atoms with Gasteiger partial charge in [0.25, 0.3) is 10.1 Å². The standard InChI is InChI=1S/C42H76N6O12.C36H68N6O12.C19H26O8S/c1-29-30(2)38(55-31(3)49)39(56-32(4)50)57-33(29)24-43-14-15-44-34(51)25-45-16-18-46(26-35(52)58-40(5,6)7)20-22-48(28-37(54)60-42(11,12)13)23-21-47(19-17-45)27-36(53)59-41(8,9)10;1-34(2,3)52-27(44)22-40-14-12-39(21-26(43)38-11-10-37-20-25-30(47)31(48)32(49)33(50)51-25)13-15-41(23-28(45)53-35(4,5)6)17-19-42(18-16-40)24-29(46)54-36(7,8)9;1-11-6-8-16(9-7-11)28(22,23)24-10-17-12(2)13(3)18(25-14(4)20)19(27-17)26-15(5)21/h29-30,33,38-39,43H,14-28H2,1-13H3,(H,44,51);25,30-33,37,47-50H,10-24H2,1-9H3,(H,38,43);6-9,12-13,17-19H,10H2,1-5H3/t29-,30-,33?,38?,39+;25?,30-,31+,32?,33-;12-,13-,17?,18?,19+/m010/s1. The highest BCUT2D eigenvalue weighted by Gasteiger charge is 2.48. The van der Waals surface area contributed by atoms with Gasteiger partial charge in [-0.3, -0.25) is 101 Å². The van der Waals surface area contributed by atoms with Gasteiger partial charge in [0, 0.05) is 184 Å². The van der Waals surface area contributed by atoms with Crippen LogP contribution in [0.15, 0.2) is 29.2 Å². The first kappa shape index (κ1) is 126. The maximum atomic E-state index is 13.4. The normalized spacial score (nSPS) is 25.1. The van der Waals surface area contributed by atoms with Crippen molar-refractivity contribution in [2.45, 2.75) is 293 Å². The van der Waals surface area contributed by atoms with Crippen molar-refractivity contribution in [1.82, 2.24) is 60.5 Å². The number of aliphatic hydroxyl groups is 4. The summed E-state index contributed by atoms with van der Waals surface area (Å²) >= 11 is 0. The van der Waals surface area contributed by atoms with Crippen molar-refractivity contribution in [1.29, 1.82) is 0 Å². The van der Waals surface area contributed by atoms with Crippen LogP contribution in [0.25, 0.3) is 0 Å². The van der Waals surface area contributed by atoms with Crippen LogP contribution >= 0.6 is 0 Å². The zero-order valence-electron chi connectivity index (χ0n) is 89.1. The van der Waals surface area contributed by atoms with Gasteiger partial charge in [-0.05, 0) is 156 Å². The molecular formula is C97H170N12O32S. The smallest absolute Gasteiger partial charge is 0.320 e. The van der Waals surface area contributed by atoms with Crippen LogP contribution in [0, 0.1) is 30.6 Å². The largest absolute Gasteiger partial charge is 0.459 e. The fourth-order valence-corrected chi connectivity index (χ4v) is 16.5. The van der Waals surface area contributed by atoms with Crippen LogP contribution in [0.2, 0.25) is 0 Å². The van der Waals surface area contributed by atoms with Crippen LogP contribution in [0.1, 0.15) is 186 Å². The minimum atomic E-state index is -3.96. The first-order chi connectivity index (χ1) is 65.6. The Balaban J connectivity index is 0.000000471. The number of benzene rings is 1. The zero-order chi connectivity index (χ0) is 107. The summed E-state index contributed by atoms with van der Waals surface area (Å²) in [4.78, 5) is 166. The Labute approximate surface area is 839 Å². The summed E-state index contributed by atoms with van der Waals surface area (Å²) in [5.74, 6) is -5.52. The molecule has 44 nitrogen and oxygen atoms in total. The second-order valence-electron chi connectivity index (χ2n) is 42.8. The molecular weight excluding hydrogens is 1880 g/mol. The number of ether oxygens (including phenoxy) is 13. The molecule has 0 spiro atoms. The molecule has 15 atom stereocenters. The van der Waals surface area contributed by atoms with Crippen molar-refractivity contribution in [3.63, 3.8) is 0 Å². The first-order valence-electron chi connectivity index (χ1n) is 49.0. The molecule has 1 aromatic carbocycles. The predicted molar refractivity (Wildman–Crippen MR) is 520 cm³/mol. The lowest BCUT2D eigenvalue weighted by atomic mass is 9.83. The van der Waals surface area contributed by atoms with Crippen LogP contribution in [0.4, 0.5) is 0 Å². The maximum Gasteiger partial charge on any atom is 0.320 e. The van der Waals surface area contributed by atoms with Crippen LogP contribution in [-0.2, 0) is 133 Å². The van der Waals surface area contributed by atoms with Crippen molar-refractivity contribution in [2.75, 3.05) is 203 Å². The van der Waals surface area contributed by atoms with Crippen molar-refractivity contribution in [3.05, 3.63) is 29.8 Å². The first-order valence-corrected chi connectivity index (χ1v) is 50.4. The average Bonchev–Trinajstić information content (AvgIpc) is 0.558. The van der Waals surface area contributed by atoms with E-state index in [4.69, 9.17) is 65.8 Å². The highest BCUT2D eigenvalue weighted by Crippen LogP contribution is 2.36. The van der Waals surface area contributed by atoms with Crippen LogP contribution in [0.3, 0.4) is 0 Å².